The lowest BCUT2D eigenvalue weighted by Crippen LogP contribution is -2.45. The Morgan fingerprint density at radius 2 is 1.97 bits per heavy atom. The lowest BCUT2D eigenvalue weighted by molar-refractivity contribution is 0.0690. The second kappa shape index (κ2) is 8.75. The van der Waals surface area contributed by atoms with Gasteiger partial charge in [0, 0.05) is 18.7 Å². The summed E-state index contributed by atoms with van der Waals surface area (Å²) in [7, 11) is 0. The number of hydrogen-bond donors (Lipinski definition) is 1. The average molecular weight is 500 g/mol. The van der Waals surface area contributed by atoms with Crippen molar-refractivity contribution < 1.29 is 9.59 Å². The van der Waals surface area contributed by atoms with Gasteiger partial charge in [0.25, 0.3) is 11.8 Å². The third-order valence-corrected chi connectivity index (χ3v) is 8.19. The maximum absolute atomic E-state index is 13.6. The highest BCUT2D eigenvalue weighted by molar-refractivity contribution is 7.15. The van der Waals surface area contributed by atoms with E-state index >= 15 is 0 Å². The zero-order valence-electron chi connectivity index (χ0n) is 18.3. The summed E-state index contributed by atoms with van der Waals surface area (Å²) in [6, 6.07) is 12.9. The van der Waals surface area contributed by atoms with Crippen molar-refractivity contribution in [1.29, 1.82) is 0 Å². The molecular formula is C25H23Cl2N3O2S. The fraction of sp³-hybridized carbons (Fsp3) is 0.320. The van der Waals surface area contributed by atoms with E-state index in [1.807, 2.05) is 36.9 Å². The van der Waals surface area contributed by atoms with Gasteiger partial charge in [-0.25, -0.2) is 4.98 Å². The molecular weight excluding hydrogens is 477 g/mol. The molecule has 0 bridgehead atoms. The molecule has 2 fully saturated rings. The number of piperidine rings is 1. The number of rotatable bonds is 5. The van der Waals surface area contributed by atoms with Gasteiger partial charge in [-0.1, -0.05) is 53.0 Å². The topological polar surface area (TPSA) is 62.3 Å². The van der Waals surface area contributed by atoms with Crippen LogP contribution in [-0.2, 0) is 0 Å². The monoisotopic (exact) mass is 499 g/mol. The molecule has 2 amide bonds. The molecule has 33 heavy (non-hydrogen) atoms. The zero-order valence-corrected chi connectivity index (χ0v) is 20.6. The molecule has 5 rings (SSSR count). The summed E-state index contributed by atoms with van der Waals surface area (Å²) in [5.74, 6) is 0.639. The number of nitrogens with zero attached hydrogens (tertiary/aromatic N) is 2. The first-order valence-electron chi connectivity index (χ1n) is 10.9. The first-order valence-corrected chi connectivity index (χ1v) is 12.5. The Kier molecular flexibility index (Phi) is 5.93. The van der Waals surface area contributed by atoms with Crippen LogP contribution in [0.2, 0.25) is 10.0 Å². The Balaban J connectivity index is 1.35. The second-order valence-electron chi connectivity index (χ2n) is 8.80. The molecule has 8 heteroatoms. The molecule has 2 aliphatic rings. The standard InChI is InChI=1S/C25H23Cl2N3O2S/c1-13-4-3-5-15(8-13)23-22(29-14(2)33-23)25(32)30-12-17-9-18(17)21(30)11-28-24(31)16-6-7-19(26)20(27)10-16/h3-8,10,17-18,21H,9,11-12H2,1-2H3,(H,28,31)/t17-,18-,21+/m0/s1. The lowest BCUT2D eigenvalue weighted by Gasteiger charge is -2.27. The zero-order chi connectivity index (χ0) is 23.3. The van der Waals surface area contributed by atoms with Crippen LogP contribution in [0.4, 0.5) is 0 Å². The van der Waals surface area contributed by atoms with Crippen molar-refractivity contribution in [2.45, 2.75) is 26.3 Å². The van der Waals surface area contributed by atoms with E-state index in [0.29, 0.717) is 46.2 Å². The molecule has 0 radical (unpaired) electrons. The van der Waals surface area contributed by atoms with E-state index in [4.69, 9.17) is 23.2 Å². The number of fused-ring (bicyclic) bond motifs is 1. The average Bonchev–Trinajstić information content (AvgIpc) is 3.30. The quantitative estimate of drug-likeness (QED) is 0.495. The van der Waals surface area contributed by atoms with Crippen molar-refractivity contribution in [2.24, 2.45) is 11.8 Å². The van der Waals surface area contributed by atoms with Gasteiger partial charge in [0.2, 0.25) is 0 Å². The van der Waals surface area contributed by atoms with Gasteiger partial charge in [-0.2, -0.15) is 0 Å². The number of carbonyl (C=O) groups excluding carboxylic acids is 2. The first-order chi connectivity index (χ1) is 15.8. The van der Waals surface area contributed by atoms with Gasteiger partial charge in [0.15, 0.2) is 0 Å². The van der Waals surface area contributed by atoms with E-state index in [0.717, 1.165) is 27.4 Å². The third-order valence-electron chi connectivity index (χ3n) is 6.43. The fourth-order valence-corrected chi connectivity index (χ4v) is 5.90. The first kappa shape index (κ1) is 22.4. The summed E-state index contributed by atoms with van der Waals surface area (Å²) in [5.41, 5.74) is 3.11. The Labute approximate surface area is 206 Å². The van der Waals surface area contributed by atoms with Crippen LogP contribution >= 0.6 is 34.5 Å². The number of carbonyl (C=O) groups is 2. The van der Waals surface area contributed by atoms with Crippen LogP contribution < -0.4 is 5.32 Å². The number of aryl methyl sites for hydroxylation is 2. The SMILES string of the molecule is Cc1cccc(-c2sc(C)nc2C(=O)N2C[C@@H]3C[C@@H]3[C@H]2CNC(=O)c2ccc(Cl)c(Cl)c2)c1. The van der Waals surface area contributed by atoms with E-state index < -0.39 is 0 Å². The van der Waals surface area contributed by atoms with Gasteiger partial charge >= 0.3 is 0 Å². The van der Waals surface area contributed by atoms with Crippen LogP contribution in [0, 0.1) is 25.7 Å². The molecule has 170 valence electrons. The molecule has 1 aromatic heterocycles. The summed E-state index contributed by atoms with van der Waals surface area (Å²) >= 11 is 13.6. The molecule has 3 aromatic rings. The number of likely N-dealkylation sites (tertiary alicyclic amines) is 1. The van der Waals surface area contributed by atoms with Gasteiger partial charge in [-0.05, 0) is 55.9 Å². The molecule has 1 aliphatic heterocycles. The predicted molar refractivity (Wildman–Crippen MR) is 132 cm³/mol. The van der Waals surface area contributed by atoms with Gasteiger partial charge in [-0.3, -0.25) is 9.59 Å². The Morgan fingerprint density at radius 1 is 1.15 bits per heavy atom. The molecule has 1 N–H and O–H groups in total. The van der Waals surface area contributed by atoms with Crippen molar-refractivity contribution in [3.05, 3.63) is 74.3 Å². The number of halogens is 2. The molecule has 1 saturated carbocycles. The fourth-order valence-electron chi connectivity index (χ4n) is 4.69. The van der Waals surface area contributed by atoms with Crippen LogP contribution in [0.3, 0.4) is 0 Å². The van der Waals surface area contributed by atoms with Crippen LogP contribution in [0.25, 0.3) is 10.4 Å². The van der Waals surface area contributed by atoms with Crippen molar-refractivity contribution in [3.8, 4) is 10.4 Å². The highest BCUT2D eigenvalue weighted by Crippen LogP contribution is 2.50. The highest BCUT2D eigenvalue weighted by atomic mass is 35.5. The molecule has 3 atom stereocenters. The van der Waals surface area contributed by atoms with Crippen LogP contribution in [0.5, 0.6) is 0 Å². The lowest BCUT2D eigenvalue weighted by atomic mass is 10.1. The minimum Gasteiger partial charge on any atom is -0.350 e. The van der Waals surface area contributed by atoms with Crippen molar-refractivity contribution in [1.82, 2.24) is 15.2 Å². The summed E-state index contributed by atoms with van der Waals surface area (Å²) in [6.07, 6.45) is 1.10. The number of aromatic nitrogens is 1. The molecule has 1 aliphatic carbocycles. The van der Waals surface area contributed by atoms with E-state index in [9.17, 15) is 9.59 Å². The Bertz CT molecular complexity index is 1260. The number of benzene rings is 2. The third kappa shape index (κ3) is 4.39. The maximum atomic E-state index is 13.6. The van der Waals surface area contributed by atoms with E-state index in [1.54, 1.807) is 29.5 Å². The second-order valence-corrected chi connectivity index (χ2v) is 10.8. The highest BCUT2D eigenvalue weighted by Gasteiger charge is 2.54. The van der Waals surface area contributed by atoms with Gasteiger partial charge in [-0.15, -0.1) is 11.3 Å². The summed E-state index contributed by atoms with van der Waals surface area (Å²) < 4.78 is 0. The normalized spacial score (nSPS) is 21.1. The van der Waals surface area contributed by atoms with Crippen molar-refractivity contribution in [3.63, 3.8) is 0 Å². The Hall–Kier alpha value is -2.41. The number of hydrogen-bond acceptors (Lipinski definition) is 4. The smallest absolute Gasteiger partial charge is 0.274 e. The predicted octanol–water partition coefficient (Wildman–Crippen LogP) is 5.62. The maximum Gasteiger partial charge on any atom is 0.274 e. The van der Waals surface area contributed by atoms with Crippen LogP contribution in [-0.4, -0.2) is 40.8 Å². The van der Waals surface area contributed by atoms with Crippen LogP contribution in [0.15, 0.2) is 42.5 Å². The van der Waals surface area contributed by atoms with Gasteiger partial charge in [0.1, 0.15) is 5.69 Å². The largest absolute Gasteiger partial charge is 0.350 e. The summed E-state index contributed by atoms with van der Waals surface area (Å²) in [5, 5.41) is 4.60. The molecule has 2 aromatic carbocycles. The van der Waals surface area contributed by atoms with Crippen molar-refractivity contribution >= 4 is 46.4 Å². The van der Waals surface area contributed by atoms with Crippen LogP contribution in [0.1, 0.15) is 37.8 Å². The van der Waals surface area contributed by atoms with E-state index in [2.05, 4.69) is 16.4 Å². The molecule has 0 spiro atoms. The molecule has 0 unspecified atom stereocenters. The Morgan fingerprint density at radius 3 is 2.73 bits per heavy atom. The minimum absolute atomic E-state index is 0.0402. The molecule has 2 heterocycles. The number of amides is 2. The summed E-state index contributed by atoms with van der Waals surface area (Å²) in [4.78, 5) is 33.7. The number of nitrogens with one attached hydrogen (secondary N) is 1. The van der Waals surface area contributed by atoms with Gasteiger partial charge < -0.3 is 10.2 Å². The van der Waals surface area contributed by atoms with Crippen molar-refractivity contribution in [2.75, 3.05) is 13.1 Å². The molecule has 5 nitrogen and oxygen atoms in total. The summed E-state index contributed by atoms with van der Waals surface area (Å²) in [6.45, 7) is 5.08. The minimum atomic E-state index is -0.227. The van der Waals surface area contributed by atoms with E-state index in [-0.39, 0.29) is 17.9 Å². The number of thiazole rings is 1. The van der Waals surface area contributed by atoms with Gasteiger partial charge in [0.05, 0.1) is 26.0 Å². The van der Waals surface area contributed by atoms with E-state index in [1.165, 1.54) is 0 Å². The molecule has 1 saturated heterocycles.